The van der Waals surface area contributed by atoms with Crippen molar-refractivity contribution in [3.63, 3.8) is 0 Å². The lowest BCUT2D eigenvalue weighted by Crippen LogP contribution is -2.52. The number of nitrogens with zero attached hydrogens (tertiary/aromatic N) is 2. The molecule has 0 spiro atoms. The van der Waals surface area contributed by atoms with Gasteiger partial charge in [0.15, 0.2) is 0 Å². The summed E-state index contributed by atoms with van der Waals surface area (Å²) in [4.78, 5) is 28.4. The third kappa shape index (κ3) is 5.91. The van der Waals surface area contributed by atoms with E-state index in [1.165, 1.54) is 0 Å². The molecule has 0 aromatic heterocycles. The molecule has 1 aromatic rings. The second kappa shape index (κ2) is 10.0. The minimum absolute atomic E-state index is 0.109. The third-order valence-corrected chi connectivity index (χ3v) is 4.50. The summed E-state index contributed by atoms with van der Waals surface area (Å²) in [5.74, 6) is 0.604. The molecule has 1 heterocycles. The number of rotatable bonds is 8. The predicted molar refractivity (Wildman–Crippen MR) is 103 cm³/mol. The number of carbonyl (C=O) groups excluding carboxylic acids is 2. The number of hydrogen-bond donors (Lipinski definition) is 2. The fourth-order valence-electron chi connectivity index (χ4n) is 2.91. The third-order valence-electron chi connectivity index (χ3n) is 4.50. The van der Waals surface area contributed by atoms with Crippen molar-refractivity contribution in [2.24, 2.45) is 0 Å². The molecule has 1 atom stereocenters. The van der Waals surface area contributed by atoms with Crippen LogP contribution in [-0.4, -0.2) is 69.1 Å². The van der Waals surface area contributed by atoms with E-state index in [2.05, 4.69) is 32.6 Å². The van der Waals surface area contributed by atoms with Crippen molar-refractivity contribution in [3.8, 4) is 5.75 Å². The van der Waals surface area contributed by atoms with Crippen LogP contribution in [0.4, 0.5) is 5.69 Å². The van der Waals surface area contributed by atoms with Crippen molar-refractivity contribution in [1.82, 2.24) is 15.5 Å². The summed E-state index contributed by atoms with van der Waals surface area (Å²) in [7, 11) is 1.66. The smallest absolute Gasteiger partial charge is 0.242 e. The van der Waals surface area contributed by atoms with E-state index in [0.29, 0.717) is 13.1 Å². The van der Waals surface area contributed by atoms with Crippen molar-refractivity contribution in [2.45, 2.75) is 26.3 Å². The lowest BCUT2D eigenvalue weighted by molar-refractivity contribution is -0.129. The van der Waals surface area contributed by atoms with Crippen molar-refractivity contribution < 1.29 is 14.3 Å². The van der Waals surface area contributed by atoms with Crippen molar-refractivity contribution in [2.75, 3.05) is 51.3 Å². The summed E-state index contributed by atoms with van der Waals surface area (Å²) >= 11 is 0. The van der Waals surface area contributed by atoms with Crippen LogP contribution < -0.4 is 20.3 Å². The summed E-state index contributed by atoms with van der Waals surface area (Å²) in [6, 6.07) is 7.52. The van der Waals surface area contributed by atoms with Gasteiger partial charge in [0, 0.05) is 38.4 Å². The number of amides is 2. The van der Waals surface area contributed by atoms with E-state index in [1.54, 1.807) is 14.0 Å². The van der Waals surface area contributed by atoms with Crippen LogP contribution in [0.5, 0.6) is 5.75 Å². The van der Waals surface area contributed by atoms with Crippen LogP contribution in [0.1, 0.15) is 20.3 Å². The van der Waals surface area contributed by atoms with Gasteiger partial charge in [-0.2, -0.15) is 0 Å². The van der Waals surface area contributed by atoms with Gasteiger partial charge < -0.3 is 20.3 Å². The lowest BCUT2D eigenvalue weighted by atomic mass is 10.2. The molecule has 1 aliphatic heterocycles. The van der Waals surface area contributed by atoms with Gasteiger partial charge in [0.25, 0.3) is 0 Å². The predicted octanol–water partition coefficient (Wildman–Crippen LogP) is 0.848. The van der Waals surface area contributed by atoms with E-state index in [1.807, 2.05) is 19.1 Å². The quantitative estimate of drug-likeness (QED) is 0.717. The van der Waals surface area contributed by atoms with Gasteiger partial charge in [-0.05, 0) is 37.6 Å². The van der Waals surface area contributed by atoms with Crippen LogP contribution in [0.15, 0.2) is 24.3 Å². The standard InChI is InChI=1S/C19H30N4O3/c1-4-9-20-19(25)15(2)21-18(24)14-22-10-12-23(13-11-22)16-5-7-17(26-3)8-6-16/h5-8,15H,4,9-14H2,1-3H3,(H,20,25)(H,21,24)/t15-/m0/s1. The number of methoxy groups -OCH3 is 1. The van der Waals surface area contributed by atoms with Crippen LogP contribution in [0, 0.1) is 0 Å². The first-order valence-electron chi connectivity index (χ1n) is 9.22. The van der Waals surface area contributed by atoms with Crippen LogP contribution >= 0.6 is 0 Å². The van der Waals surface area contributed by atoms with Gasteiger partial charge >= 0.3 is 0 Å². The highest BCUT2D eigenvalue weighted by Gasteiger charge is 2.21. The number of benzene rings is 1. The molecule has 0 radical (unpaired) electrons. The van der Waals surface area contributed by atoms with E-state index in [0.717, 1.165) is 44.0 Å². The molecule has 0 aliphatic carbocycles. The summed E-state index contributed by atoms with van der Waals surface area (Å²) < 4.78 is 5.19. The number of nitrogens with one attached hydrogen (secondary N) is 2. The Hall–Kier alpha value is -2.28. The second-order valence-electron chi connectivity index (χ2n) is 6.54. The largest absolute Gasteiger partial charge is 0.497 e. The molecule has 7 nitrogen and oxygen atoms in total. The van der Waals surface area contributed by atoms with Gasteiger partial charge in [-0.25, -0.2) is 0 Å². The number of hydrogen-bond acceptors (Lipinski definition) is 5. The zero-order chi connectivity index (χ0) is 18.9. The molecule has 1 aromatic carbocycles. The average Bonchev–Trinajstić information content (AvgIpc) is 2.66. The molecule has 0 unspecified atom stereocenters. The van der Waals surface area contributed by atoms with Crippen LogP contribution in [-0.2, 0) is 9.59 Å². The van der Waals surface area contributed by atoms with Gasteiger partial charge in [0.1, 0.15) is 11.8 Å². The first kappa shape index (κ1) is 20.0. The highest BCUT2D eigenvalue weighted by atomic mass is 16.5. The summed E-state index contributed by atoms with van der Waals surface area (Å²) in [5.41, 5.74) is 1.16. The van der Waals surface area contributed by atoms with Gasteiger partial charge in [-0.1, -0.05) is 6.92 Å². The van der Waals surface area contributed by atoms with Gasteiger partial charge in [-0.15, -0.1) is 0 Å². The molecular formula is C19H30N4O3. The lowest BCUT2D eigenvalue weighted by Gasteiger charge is -2.35. The van der Waals surface area contributed by atoms with Crippen molar-refractivity contribution in [1.29, 1.82) is 0 Å². The van der Waals surface area contributed by atoms with E-state index in [4.69, 9.17) is 4.74 Å². The number of anilines is 1. The Morgan fingerprint density at radius 3 is 2.38 bits per heavy atom. The summed E-state index contributed by atoms with van der Waals surface area (Å²) in [5, 5.41) is 5.56. The molecule has 2 rings (SSSR count). The molecular weight excluding hydrogens is 332 g/mol. The first-order chi connectivity index (χ1) is 12.5. The van der Waals surface area contributed by atoms with Crippen LogP contribution in [0.2, 0.25) is 0 Å². The topological polar surface area (TPSA) is 73.9 Å². The van der Waals surface area contributed by atoms with Crippen molar-refractivity contribution >= 4 is 17.5 Å². The molecule has 1 saturated heterocycles. The van der Waals surface area contributed by atoms with Crippen molar-refractivity contribution in [3.05, 3.63) is 24.3 Å². The van der Waals surface area contributed by atoms with Crippen LogP contribution in [0.3, 0.4) is 0 Å². The Labute approximate surface area is 155 Å². The molecule has 0 bridgehead atoms. The zero-order valence-electron chi connectivity index (χ0n) is 16.0. The molecule has 2 N–H and O–H groups in total. The normalized spacial score (nSPS) is 16.0. The highest BCUT2D eigenvalue weighted by molar-refractivity contribution is 5.87. The Kier molecular flexibility index (Phi) is 7.72. The second-order valence-corrected chi connectivity index (χ2v) is 6.54. The molecule has 1 aliphatic rings. The SMILES string of the molecule is CCCNC(=O)[C@H](C)NC(=O)CN1CCN(c2ccc(OC)cc2)CC1. The Morgan fingerprint density at radius 1 is 1.15 bits per heavy atom. The first-order valence-corrected chi connectivity index (χ1v) is 9.22. The van der Waals surface area contributed by atoms with Gasteiger partial charge in [0.05, 0.1) is 13.7 Å². The van der Waals surface area contributed by atoms with Gasteiger partial charge in [-0.3, -0.25) is 14.5 Å². The number of ether oxygens (including phenoxy) is 1. The molecule has 2 amide bonds. The molecule has 0 saturated carbocycles. The maximum atomic E-state index is 12.2. The molecule has 1 fully saturated rings. The Bertz CT molecular complexity index is 583. The number of carbonyl (C=O) groups is 2. The maximum Gasteiger partial charge on any atom is 0.242 e. The minimum Gasteiger partial charge on any atom is -0.497 e. The van der Waals surface area contributed by atoms with E-state index in [-0.39, 0.29) is 11.8 Å². The van der Waals surface area contributed by atoms with Crippen LogP contribution in [0.25, 0.3) is 0 Å². The zero-order valence-corrected chi connectivity index (χ0v) is 16.0. The number of piperazine rings is 1. The fraction of sp³-hybridized carbons (Fsp3) is 0.579. The Balaban J connectivity index is 1.73. The van der Waals surface area contributed by atoms with Gasteiger partial charge in [0.2, 0.25) is 11.8 Å². The minimum atomic E-state index is -0.505. The van der Waals surface area contributed by atoms with E-state index in [9.17, 15) is 9.59 Å². The molecule has 26 heavy (non-hydrogen) atoms. The average molecular weight is 362 g/mol. The monoisotopic (exact) mass is 362 g/mol. The highest BCUT2D eigenvalue weighted by Crippen LogP contribution is 2.20. The summed E-state index contributed by atoms with van der Waals surface area (Å²) in [6.45, 7) is 8.03. The Morgan fingerprint density at radius 2 is 1.81 bits per heavy atom. The fourth-order valence-corrected chi connectivity index (χ4v) is 2.91. The summed E-state index contributed by atoms with van der Waals surface area (Å²) in [6.07, 6.45) is 0.880. The maximum absolute atomic E-state index is 12.2. The molecule has 7 heteroatoms. The van der Waals surface area contributed by atoms with E-state index >= 15 is 0 Å². The molecule has 144 valence electrons. The van der Waals surface area contributed by atoms with E-state index < -0.39 is 6.04 Å².